The van der Waals surface area contributed by atoms with Crippen molar-refractivity contribution in [3.63, 3.8) is 0 Å². The molecule has 1 saturated heterocycles. The van der Waals surface area contributed by atoms with Crippen LogP contribution in [0.4, 0.5) is 14.5 Å². The molecule has 3 aliphatic rings. The molecule has 2 fully saturated rings. The third kappa shape index (κ3) is 5.28. The lowest BCUT2D eigenvalue weighted by molar-refractivity contribution is -0.139. The number of hydrogen-bond donors (Lipinski definition) is 2. The number of carbonyl (C=O) groups is 2. The van der Waals surface area contributed by atoms with E-state index in [4.69, 9.17) is 4.74 Å². The van der Waals surface area contributed by atoms with Crippen molar-refractivity contribution >= 4 is 17.5 Å². The standard InChI is InChI=1S/C28H33F2N3O4/c1-36-16-24-20-14-15-33(25(20)19-6-2-4-8-22(19)31-24)27(35)21-7-3-5-9-23(21)32-26(34)17-10-12-18(13-11-17)37-28(29)30/h2,4,6,8,10-13,20-21,23-25,28,31H,3,5,7,9,14-16H2,1H3,(H,32,34)/t20-,21+,23+,24+,25-/m1/s1. The summed E-state index contributed by atoms with van der Waals surface area (Å²) in [4.78, 5) is 29.1. The number of nitrogens with zero attached hydrogens (tertiary/aromatic N) is 1. The minimum Gasteiger partial charge on any atom is -0.435 e. The first-order valence-electron chi connectivity index (χ1n) is 13.0. The second kappa shape index (κ2) is 11.0. The molecular weight excluding hydrogens is 480 g/mol. The van der Waals surface area contributed by atoms with E-state index in [0.29, 0.717) is 18.7 Å². The van der Waals surface area contributed by atoms with Gasteiger partial charge >= 0.3 is 6.61 Å². The zero-order valence-electron chi connectivity index (χ0n) is 20.9. The maximum absolute atomic E-state index is 14.0. The smallest absolute Gasteiger partial charge is 0.387 e. The van der Waals surface area contributed by atoms with Gasteiger partial charge in [-0.3, -0.25) is 9.59 Å². The fourth-order valence-electron chi connectivity index (χ4n) is 6.27. The number of rotatable bonds is 7. The normalized spacial score (nSPS) is 26.7. The Morgan fingerprint density at radius 1 is 1.08 bits per heavy atom. The Morgan fingerprint density at radius 3 is 2.59 bits per heavy atom. The molecule has 198 valence electrons. The maximum Gasteiger partial charge on any atom is 0.387 e. The minimum absolute atomic E-state index is 0.00473. The van der Waals surface area contributed by atoms with Gasteiger partial charge in [0.1, 0.15) is 5.75 Å². The third-order valence-electron chi connectivity index (χ3n) is 7.95. The van der Waals surface area contributed by atoms with E-state index in [0.717, 1.165) is 43.4 Å². The molecule has 0 bridgehead atoms. The van der Waals surface area contributed by atoms with Gasteiger partial charge in [-0.15, -0.1) is 0 Å². The molecule has 1 saturated carbocycles. The predicted molar refractivity (Wildman–Crippen MR) is 135 cm³/mol. The summed E-state index contributed by atoms with van der Waals surface area (Å²) in [6, 6.07) is 13.6. The molecule has 9 heteroatoms. The van der Waals surface area contributed by atoms with Crippen LogP contribution in [0.2, 0.25) is 0 Å². The van der Waals surface area contributed by atoms with Crippen LogP contribution in [0.25, 0.3) is 0 Å². The van der Waals surface area contributed by atoms with Crippen LogP contribution >= 0.6 is 0 Å². The number of fused-ring (bicyclic) bond motifs is 3. The first-order valence-corrected chi connectivity index (χ1v) is 13.0. The van der Waals surface area contributed by atoms with E-state index in [1.807, 2.05) is 17.0 Å². The number of methoxy groups -OCH3 is 1. The molecule has 2 aromatic rings. The summed E-state index contributed by atoms with van der Waals surface area (Å²) < 4.78 is 34.7. The molecule has 2 aromatic carbocycles. The van der Waals surface area contributed by atoms with Gasteiger partial charge in [0.2, 0.25) is 5.91 Å². The molecule has 2 heterocycles. The van der Waals surface area contributed by atoms with Gasteiger partial charge in [0.15, 0.2) is 0 Å². The van der Waals surface area contributed by atoms with Crippen molar-refractivity contribution in [2.45, 2.75) is 56.8 Å². The lowest BCUT2D eigenvalue weighted by Crippen LogP contribution is -2.50. The summed E-state index contributed by atoms with van der Waals surface area (Å²) in [6.45, 7) is -1.68. The number of anilines is 1. The van der Waals surface area contributed by atoms with Crippen molar-refractivity contribution in [3.05, 3.63) is 59.7 Å². The Hall–Kier alpha value is -3.20. The number of ether oxygens (including phenoxy) is 2. The van der Waals surface area contributed by atoms with Crippen LogP contribution in [0.15, 0.2) is 48.5 Å². The highest BCUT2D eigenvalue weighted by molar-refractivity contribution is 5.95. The molecule has 0 aromatic heterocycles. The lowest BCUT2D eigenvalue weighted by Gasteiger charge is -2.41. The topological polar surface area (TPSA) is 79.9 Å². The highest BCUT2D eigenvalue weighted by Crippen LogP contribution is 2.47. The fraction of sp³-hybridized carbons (Fsp3) is 0.500. The Labute approximate surface area is 215 Å². The van der Waals surface area contributed by atoms with Gasteiger partial charge in [-0.2, -0.15) is 8.78 Å². The maximum atomic E-state index is 14.0. The molecule has 0 unspecified atom stereocenters. The van der Waals surface area contributed by atoms with E-state index in [-0.39, 0.29) is 47.5 Å². The molecule has 37 heavy (non-hydrogen) atoms. The minimum atomic E-state index is -2.92. The van der Waals surface area contributed by atoms with E-state index in [1.54, 1.807) is 7.11 Å². The monoisotopic (exact) mass is 513 g/mol. The van der Waals surface area contributed by atoms with Crippen molar-refractivity contribution in [3.8, 4) is 5.75 Å². The van der Waals surface area contributed by atoms with Crippen LogP contribution in [0.1, 0.15) is 54.1 Å². The van der Waals surface area contributed by atoms with Crippen LogP contribution in [0.3, 0.4) is 0 Å². The summed E-state index contributed by atoms with van der Waals surface area (Å²) in [5.74, 6) is -0.286. The Bertz CT molecular complexity index is 1110. The largest absolute Gasteiger partial charge is 0.435 e. The van der Waals surface area contributed by atoms with E-state index in [9.17, 15) is 18.4 Å². The van der Waals surface area contributed by atoms with Gasteiger partial charge in [-0.05, 0) is 55.2 Å². The van der Waals surface area contributed by atoms with Crippen LogP contribution < -0.4 is 15.4 Å². The lowest BCUT2D eigenvalue weighted by atomic mass is 9.81. The second-order valence-electron chi connectivity index (χ2n) is 10.1. The first-order chi connectivity index (χ1) is 18.0. The number of halogens is 2. The zero-order valence-corrected chi connectivity index (χ0v) is 20.9. The number of amides is 2. The average Bonchev–Trinajstić information content (AvgIpc) is 3.35. The molecule has 0 radical (unpaired) electrons. The number of alkyl halides is 2. The fourth-order valence-corrected chi connectivity index (χ4v) is 6.27. The number of carbonyl (C=O) groups excluding carboxylic acids is 2. The summed E-state index contributed by atoms with van der Waals surface area (Å²) >= 11 is 0. The summed E-state index contributed by atoms with van der Waals surface area (Å²) in [5.41, 5.74) is 2.51. The highest BCUT2D eigenvalue weighted by Gasteiger charge is 2.48. The van der Waals surface area contributed by atoms with Crippen LogP contribution in [-0.2, 0) is 9.53 Å². The number of nitrogens with one attached hydrogen (secondary N) is 2. The molecule has 7 nitrogen and oxygen atoms in total. The summed E-state index contributed by atoms with van der Waals surface area (Å²) in [6.07, 6.45) is 4.21. The number of benzene rings is 2. The number of likely N-dealkylation sites (tertiary alicyclic amines) is 1. The van der Waals surface area contributed by atoms with Gasteiger partial charge in [0.05, 0.1) is 24.6 Å². The summed E-state index contributed by atoms with van der Waals surface area (Å²) in [5, 5.41) is 6.67. The predicted octanol–water partition coefficient (Wildman–Crippen LogP) is 4.61. The SMILES string of the molecule is COC[C@@H]1Nc2ccccc2[C@@H]2[C@@H]1CCN2C(=O)[C@H]1CCCC[C@@H]1NC(=O)c1ccc(OC(F)F)cc1. The molecule has 1 aliphatic carbocycles. The highest BCUT2D eigenvalue weighted by atomic mass is 19.3. The van der Waals surface area contributed by atoms with Crippen LogP contribution in [-0.4, -0.2) is 55.7 Å². The molecule has 5 atom stereocenters. The average molecular weight is 514 g/mol. The van der Waals surface area contributed by atoms with E-state index in [1.165, 1.54) is 24.3 Å². The number of para-hydroxylation sites is 1. The van der Waals surface area contributed by atoms with Gasteiger partial charge in [0, 0.05) is 36.9 Å². The number of hydrogen-bond acceptors (Lipinski definition) is 5. The first kappa shape index (κ1) is 25.4. The third-order valence-corrected chi connectivity index (χ3v) is 7.95. The molecular formula is C28H33F2N3O4. The Balaban J connectivity index is 1.33. The van der Waals surface area contributed by atoms with Gasteiger partial charge in [0.25, 0.3) is 5.91 Å². The van der Waals surface area contributed by atoms with E-state index >= 15 is 0 Å². The molecule has 2 amide bonds. The quantitative estimate of drug-likeness (QED) is 0.566. The van der Waals surface area contributed by atoms with Crippen LogP contribution in [0.5, 0.6) is 5.75 Å². The Kier molecular flexibility index (Phi) is 7.60. The second-order valence-corrected chi connectivity index (χ2v) is 10.1. The van der Waals surface area contributed by atoms with Crippen LogP contribution in [0, 0.1) is 11.8 Å². The molecule has 2 N–H and O–H groups in total. The van der Waals surface area contributed by atoms with Gasteiger partial charge in [-0.25, -0.2) is 0 Å². The van der Waals surface area contributed by atoms with Crippen molar-refractivity contribution in [1.29, 1.82) is 0 Å². The van der Waals surface area contributed by atoms with Crippen molar-refractivity contribution < 1.29 is 27.8 Å². The van der Waals surface area contributed by atoms with Gasteiger partial charge in [-0.1, -0.05) is 31.0 Å². The molecule has 5 rings (SSSR count). The van der Waals surface area contributed by atoms with Crippen molar-refractivity contribution in [1.82, 2.24) is 10.2 Å². The zero-order chi connectivity index (χ0) is 25.9. The van der Waals surface area contributed by atoms with E-state index in [2.05, 4.69) is 27.5 Å². The summed E-state index contributed by atoms with van der Waals surface area (Å²) in [7, 11) is 1.70. The van der Waals surface area contributed by atoms with Gasteiger partial charge < -0.3 is 25.0 Å². The van der Waals surface area contributed by atoms with E-state index < -0.39 is 6.61 Å². The Morgan fingerprint density at radius 2 is 1.84 bits per heavy atom. The van der Waals surface area contributed by atoms with Crippen molar-refractivity contribution in [2.75, 3.05) is 25.6 Å². The van der Waals surface area contributed by atoms with Crippen molar-refractivity contribution in [2.24, 2.45) is 11.8 Å². The molecule has 2 aliphatic heterocycles. The molecule has 0 spiro atoms.